The van der Waals surface area contributed by atoms with Crippen molar-refractivity contribution in [2.75, 3.05) is 25.0 Å². The van der Waals surface area contributed by atoms with Gasteiger partial charge in [-0.25, -0.2) is 14.8 Å². The molecule has 3 heterocycles. The zero-order valence-corrected chi connectivity index (χ0v) is 17.4. The first kappa shape index (κ1) is 19.5. The normalized spacial score (nSPS) is 16.8. The van der Waals surface area contributed by atoms with Crippen LogP contribution in [-0.4, -0.2) is 52.1 Å². The Morgan fingerprint density at radius 2 is 2.24 bits per heavy atom. The number of likely N-dealkylation sites (N-methyl/N-ethyl adjacent to an activating group) is 1. The van der Waals surface area contributed by atoms with Gasteiger partial charge in [-0.05, 0) is 49.1 Å². The number of halogens is 1. The summed E-state index contributed by atoms with van der Waals surface area (Å²) in [5.41, 5.74) is 3.69. The number of urea groups is 1. The zero-order valence-electron chi connectivity index (χ0n) is 16.7. The molecule has 1 aromatic carbocycles. The Labute approximate surface area is 175 Å². The third-order valence-electron chi connectivity index (χ3n) is 5.52. The van der Waals surface area contributed by atoms with Crippen LogP contribution in [0.15, 0.2) is 36.7 Å². The average Bonchev–Trinajstić information content (AvgIpc) is 3.22. The molecule has 1 aliphatic heterocycles. The van der Waals surface area contributed by atoms with Crippen molar-refractivity contribution in [3.63, 3.8) is 0 Å². The highest BCUT2D eigenvalue weighted by molar-refractivity contribution is 6.31. The smallest absolute Gasteiger partial charge is 0.317 e. The summed E-state index contributed by atoms with van der Waals surface area (Å²) in [6.07, 6.45) is 3.64. The Bertz CT molecular complexity index is 1020. The number of amides is 2. The number of piperidine rings is 1. The summed E-state index contributed by atoms with van der Waals surface area (Å²) >= 11 is 6.07. The van der Waals surface area contributed by atoms with E-state index in [1.807, 2.05) is 49.2 Å². The second kappa shape index (κ2) is 8.29. The highest BCUT2D eigenvalue weighted by Gasteiger charge is 2.27. The molecule has 0 aliphatic carbocycles. The molecule has 1 fully saturated rings. The Hall–Kier alpha value is -2.80. The Balaban J connectivity index is 1.37. The van der Waals surface area contributed by atoms with Gasteiger partial charge in [0.1, 0.15) is 5.82 Å². The van der Waals surface area contributed by atoms with E-state index in [1.54, 1.807) is 6.33 Å². The lowest BCUT2D eigenvalue weighted by molar-refractivity contribution is 0.182. The molecule has 1 atom stereocenters. The molecule has 7 nitrogen and oxygen atoms in total. The van der Waals surface area contributed by atoms with Crippen molar-refractivity contribution >= 4 is 34.6 Å². The van der Waals surface area contributed by atoms with Crippen LogP contribution >= 0.6 is 11.6 Å². The molecule has 8 heteroatoms. The minimum absolute atomic E-state index is 0.0693. The Kier molecular flexibility index (Phi) is 5.58. The van der Waals surface area contributed by atoms with E-state index in [9.17, 15) is 4.79 Å². The van der Waals surface area contributed by atoms with Gasteiger partial charge in [0.05, 0.1) is 17.9 Å². The number of benzene rings is 1. The molecule has 2 amide bonds. The van der Waals surface area contributed by atoms with E-state index in [4.69, 9.17) is 11.6 Å². The molecule has 2 aromatic heterocycles. The SMILES string of the molecule is Cc1cc(CNC(=O)N(C)[C@@H]2CCCN(c3ccc4[nH]cnc4n3)C2)ccc1Cl. The summed E-state index contributed by atoms with van der Waals surface area (Å²) in [6.45, 7) is 4.13. The third-order valence-corrected chi connectivity index (χ3v) is 5.95. The molecule has 0 unspecified atom stereocenters. The molecule has 0 radical (unpaired) electrons. The lowest BCUT2D eigenvalue weighted by Crippen LogP contribution is -2.51. The summed E-state index contributed by atoms with van der Waals surface area (Å²) in [6, 6.07) is 9.87. The van der Waals surface area contributed by atoms with Gasteiger partial charge in [0, 0.05) is 31.7 Å². The maximum atomic E-state index is 12.7. The average molecular weight is 413 g/mol. The standard InChI is InChI=1S/C21H25ClN6O/c1-14-10-15(5-6-17(14)22)11-23-21(29)27(2)16-4-3-9-28(12-16)19-8-7-18-20(26-19)25-13-24-18/h5-8,10,13,16H,3-4,9,11-12H2,1-2H3,(H,23,29)(H,24,25,26)/t16-/m1/s1. The van der Waals surface area contributed by atoms with Crippen molar-refractivity contribution < 1.29 is 4.79 Å². The topological polar surface area (TPSA) is 77.2 Å². The quantitative estimate of drug-likeness (QED) is 0.684. The van der Waals surface area contributed by atoms with Crippen LogP contribution in [0.3, 0.4) is 0 Å². The lowest BCUT2D eigenvalue weighted by atomic mass is 10.0. The van der Waals surface area contributed by atoms with Crippen LogP contribution in [0.1, 0.15) is 24.0 Å². The molecular weight excluding hydrogens is 388 g/mol. The largest absolute Gasteiger partial charge is 0.354 e. The van der Waals surface area contributed by atoms with Crippen LogP contribution in [-0.2, 0) is 6.54 Å². The number of rotatable bonds is 4. The van der Waals surface area contributed by atoms with Gasteiger partial charge in [0.2, 0.25) is 0 Å². The van der Waals surface area contributed by atoms with Gasteiger partial charge >= 0.3 is 6.03 Å². The number of hydrogen-bond donors (Lipinski definition) is 2. The molecule has 4 rings (SSSR count). The fraction of sp³-hybridized carbons (Fsp3) is 0.381. The molecule has 1 saturated heterocycles. The van der Waals surface area contributed by atoms with Gasteiger partial charge < -0.3 is 20.1 Å². The molecule has 2 N–H and O–H groups in total. The molecule has 152 valence electrons. The van der Waals surface area contributed by atoms with Gasteiger partial charge in [-0.15, -0.1) is 0 Å². The number of fused-ring (bicyclic) bond motifs is 1. The minimum atomic E-state index is -0.0693. The molecule has 0 bridgehead atoms. The van der Waals surface area contributed by atoms with Crippen molar-refractivity contribution in [3.05, 3.63) is 52.8 Å². The van der Waals surface area contributed by atoms with Crippen molar-refractivity contribution in [2.45, 2.75) is 32.4 Å². The number of imidazole rings is 1. The van der Waals surface area contributed by atoms with Gasteiger partial charge in [0.15, 0.2) is 5.65 Å². The molecule has 1 aliphatic rings. The monoisotopic (exact) mass is 412 g/mol. The van der Waals surface area contributed by atoms with Crippen molar-refractivity contribution in [1.82, 2.24) is 25.2 Å². The van der Waals surface area contributed by atoms with E-state index in [2.05, 4.69) is 25.2 Å². The van der Waals surface area contributed by atoms with E-state index in [1.165, 1.54) is 0 Å². The maximum Gasteiger partial charge on any atom is 0.317 e. The fourth-order valence-corrected chi connectivity index (χ4v) is 3.87. The van der Waals surface area contributed by atoms with Crippen LogP contribution in [0.4, 0.5) is 10.6 Å². The van der Waals surface area contributed by atoms with Crippen molar-refractivity contribution in [1.29, 1.82) is 0 Å². The van der Waals surface area contributed by atoms with Crippen molar-refractivity contribution in [2.24, 2.45) is 0 Å². The van der Waals surface area contributed by atoms with E-state index in [0.717, 1.165) is 53.4 Å². The summed E-state index contributed by atoms with van der Waals surface area (Å²) < 4.78 is 0. The van der Waals surface area contributed by atoms with E-state index >= 15 is 0 Å². The van der Waals surface area contributed by atoms with Crippen LogP contribution in [0, 0.1) is 6.92 Å². The summed E-state index contributed by atoms with van der Waals surface area (Å²) in [7, 11) is 1.86. The highest BCUT2D eigenvalue weighted by Crippen LogP contribution is 2.22. The second-order valence-corrected chi connectivity index (χ2v) is 7.95. The Morgan fingerprint density at radius 3 is 3.07 bits per heavy atom. The first-order valence-corrected chi connectivity index (χ1v) is 10.2. The number of aromatic amines is 1. The predicted molar refractivity (Wildman–Crippen MR) is 115 cm³/mol. The number of anilines is 1. The van der Waals surface area contributed by atoms with Crippen LogP contribution in [0.2, 0.25) is 5.02 Å². The highest BCUT2D eigenvalue weighted by atomic mass is 35.5. The van der Waals surface area contributed by atoms with Crippen LogP contribution < -0.4 is 10.2 Å². The first-order chi connectivity index (χ1) is 14.0. The van der Waals surface area contributed by atoms with Crippen LogP contribution in [0.5, 0.6) is 0 Å². The molecule has 3 aromatic rings. The number of carbonyl (C=O) groups excluding carboxylic acids is 1. The predicted octanol–water partition coefficient (Wildman–Crippen LogP) is 3.73. The fourth-order valence-electron chi connectivity index (χ4n) is 3.75. The third kappa shape index (κ3) is 4.29. The Morgan fingerprint density at radius 1 is 1.38 bits per heavy atom. The number of pyridine rings is 1. The molecule has 0 spiro atoms. The first-order valence-electron chi connectivity index (χ1n) is 9.82. The summed E-state index contributed by atoms with van der Waals surface area (Å²) in [4.78, 5) is 28.7. The van der Waals surface area contributed by atoms with Crippen LogP contribution in [0.25, 0.3) is 11.2 Å². The summed E-state index contributed by atoms with van der Waals surface area (Å²) in [5.74, 6) is 0.903. The second-order valence-electron chi connectivity index (χ2n) is 7.54. The van der Waals surface area contributed by atoms with E-state index in [0.29, 0.717) is 12.2 Å². The van der Waals surface area contributed by atoms with E-state index in [-0.39, 0.29) is 12.1 Å². The number of hydrogen-bond acceptors (Lipinski definition) is 4. The number of nitrogens with one attached hydrogen (secondary N) is 2. The molecule has 29 heavy (non-hydrogen) atoms. The summed E-state index contributed by atoms with van der Waals surface area (Å²) in [5, 5.41) is 3.75. The number of H-pyrrole nitrogens is 1. The van der Waals surface area contributed by atoms with Gasteiger partial charge in [-0.1, -0.05) is 23.7 Å². The van der Waals surface area contributed by atoms with Gasteiger partial charge in [-0.3, -0.25) is 0 Å². The number of carbonyl (C=O) groups is 1. The van der Waals surface area contributed by atoms with Crippen molar-refractivity contribution in [3.8, 4) is 0 Å². The zero-order chi connectivity index (χ0) is 20.4. The maximum absolute atomic E-state index is 12.7. The number of nitrogens with zero attached hydrogens (tertiary/aromatic N) is 4. The van der Waals surface area contributed by atoms with E-state index < -0.39 is 0 Å². The molecular formula is C21H25ClN6O. The van der Waals surface area contributed by atoms with Gasteiger partial charge in [0.25, 0.3) is 0 Å². The lowest BCUT2D eigenvalue weighted by Gasteiger charge is -2.38. The number of aryl methyl sites for hydroxylation is 1. The molecule has 0 saturated carbocycles. The van der Waals surface area contributed by atoms with Gasteiger partial charge in [-0.2, -0.15) is 0 Å². The number of aromatic nitrogens is 3. The minimum Gasteiger partial charge on any atom is -0.354 e.